The van der Waals surface area contributed by atoms with Crippen LogP contribution in [0, 0.1) is 0 Å². The smallest absolute Gasteiger partial charge is 0.234 e. The van der Waals surface area contributed by atoms with Crippen molar-refractivity contribution < 1.29 is 14.3 Å². The van der Waals surface area contributed by atoms with Crippen molar-refractivity contribution in [2.75, 3.05) is 39.4 Å². The number of halogens is 1. The number of benzene rings is 1. The van der Waals surface area contributed by atoms with Crippen LogP contribution in [0.2, 0.25) is 0 Å². The molecule has 1 amide bonds. The Balaban J connectivity index is 0.00000210. The first-order valence-electron chi connectivity index (χ1n) is 9.82. The molecule has 0 unspecified atom stereocenters. The highest BCUT2D eigenvalue weighted by Gasteiger charge is 2.38. The lowest BCUT2D eigenvalue weighted by molar-refractivity contribution is -0.125. The summed E-state index contributed by atoms with van der Waals surface area (Å²) in [5.74, 6) is 1.72. The van der Waals surface area contributed by atoms with Gasteiger partial charge in [-0.05, 0) is 37.5 Å². The number of piperazine rings is 1. The molecular formula is C20H30ClN3O3. The highest BCUT2D eigenvalue weighted by Crippen LogP contribution is 2.42. The summed E-state index contributed by atoms with van der Waals surface area (Å²) in [7, 11) is 0. The molecule has 2 fully saturated rings. The zero-order valence-corrected chi connectivity index (χ0v) is 16.8. The van der Waals surface area contributed by atoms with Crippen molar-refractivity contribution in [3.8, 4) is 11.5 Å². The van der Waals surface area contributed by atoms with Gasteiger partial charge in [-0.25, -0.2) is 0 Å². The van der Waals surface area contributed by atoms with E-state index in [9.17, 15) is 4.79 Å². The van der Waals surface area contributed by atoms with E-state index >= 15 is 0 Å². The maximum atomic E-state index is 12.9. The van der Waals surface area contributed by atoms with E-state index in [1.807, 2.05) is 6.07 Å². The van der Waals surface area contributed by atoms with Crippen LogP contribution in [-0.4, -0.2) is 56.2 Å². The maximum absolute atomic E-state index is 12.9. The number of carbonyl (C=O) groups excluding carboxylic acids is 1. The summed E-state index contributed by atoms with van der Waals surface area (Å²) in [6.07, 6.45) is 4.24. The molecule has 0 radical (unpaired) electrons. The van der Waals surface area contributed by atoms with Gasteiger partial charge in [0.15, 0.2) is 11.5 Å². The molecule has 2 N–H and O–H groups in total. The Labute approximate surface area is 167 Å². The van der Waals surface area contributed by atoms with E-state index in [0.29, 0.717) is 25.8 Å². The third-order valence-corrected chi connectivity index (χ3v) is 5.92. The van der Waals surface area contributed by atoms with Gasteiger partial charge < -0.3 is 20.1 Å². The monoisotopic (exact) mass is 395 g/mol. The SMILES string of the molecule is C[C@@H]1CNCCN1CC(=O)NC1(c2ccc3c(c2)OCCO3)CCCC1.Cl. The quantitative estimate of drug-likeness (QED) is 0.817. The topological polar surface area (TPSA) is 62.8 Å². The second-order valence-corrected chi connectivity index (χ2v) is 7.72. The van der Waals surface area contributed by atoms with E-state index < -0.39 is 0 Å². The summed E-state index contributed by atoms with van der Waals surface area (Å²) in [6, 6.07) is 6.53. The van der Waals surface area contributed by atoms with Crippen LogP contribution in [0.1, 0.15) is 38.2 Å². The normalized spacial score (nSPS) is 24.1. The molecule has 0 bridgehead atoms. The Morgan fingerprint density at radius 3 is 2.74 bits per heavy atom. The average Bonchev–Trinajstić information content (AvgIpc) is 3.13. The molecule has 1 atom stereocenters. The summed E-state index contributed by atoms with van der Waals surface area (Å²) >= 11 is 0. The summed E-state index contributed by atoms with van der Waals surface area (Å²) in [6.45, 7) is 6.63. The molecule has 2 heterocycles. The minimum atomic E-state index is -0.274. The molecule has 2 aliphatic heterocycles. The Hall–Kier alpha value is -1.50. The average molecular weight is 396 g/mol. The predicted molar refractivity (Wildman–Crippen MR) is 107 cm³/mol. The Morgan fingerprint density at radius 2 is 2.00 bits per heavy atom. The Kier molecular flexibility index (Phi) is 6.50. The van der Waals surface area contributed by atoms with E-state index in [1.54, 1.807) is 0 Å². The van der Waals surface area contributed by atoms with E-state index in [2.05, 4.69) is 34.6 Å². The van der Waals surface area contributed by atoms with E-state index in [0.717, 1.165) is 62.4 Å². The molecule has 6 nitrogen and oxygen atoms in total. The second-order valence-electron chi connectivity index (χ2n) is 7.72. The molecule has 1 saturated heterocycles. The molecule has 7 heteroatoms. The van der Waals surface area contributed by atoms with Gasteiger partial charge in [-0.15, -0.1) is 12.4 Å². The first-order chi connectivity index (χ1) is 12.7. The number of hydrogen-bond acceptors (Lipinski definition) is 5. The van der Waals surface area contributed by atoms with Crippen LogP contribution in [0.5, 0.6) is 11.5 Å². The van der Waals surface area contributed by atoms with Gasteiger partial charge in [-0.3, -0.25) is 9.69 Å². The van der Waals surface area contributed by atoms with Crippen LogP contribution in [0.25, 0.3) is 0 Å². The van der Waals surface area contributed by atoms with Crippen LogP contribution in [0.3, 0.4) is 0 Å². The number of nitrogens with one attached hydrogen (secondary N) is 2. The number of rotatable bonds is 4. The minimum Gasteiger partial charge on any atom is -0.486 e. The number of carbonyl (C=O) groups is 1. The predicted octanol–water partition coefficient (Wildman–Crippen LogP) is 2.06. The minimum absolute atomic E-state index is 0. The van der Waals surface area contributed by atoms with Crippen molar-refractivity contribution in [3.63, 3.8) is 0 Å². The third-order valence-electron chi connectivity index (χ3n) is 5.92. The first kappa shape index (κ1) is 20.2. The summed E-state index contributed by atoms with van der Waals surface area (Å²) in [4.78, 5) is 15.1. The lowest BCUT2D eigenvalue weighted by Crippen LogP contribution is -2.54. The molecule has 0 spiro atoms. The molecule has 1 saturated carbocycles. The van der Waals surface area contributed by atoms with Gasteiger partial charge in [0, 0.05) is 25.7 Å². The number of ether oxygens (including phenoxy) is 2. The van der Waals surface area contributed by atoms with Crippen molar-refractivity contribution in [1.82, 2.24) is 15.5 Å². The first-order valence-corrected chi connectivity index (χ1v) is 9.82. The van der Waals surface area contributed by atoms with Crippen molar-refractivity contribution in [2.24, 2.45) is 0 Å². The highest BCUT2D eigenvalue weighted by molar-refractivity contribution is 5.85. The molecular weight excluding hydrogens is 366 g/mol. The van der Waals surface area contributed by atoms with Crippen LogP contribution in [0.4, 0.5) is 0 Å². The molecule has 27 heavy (non-hydrogen) atoms. The van der Waals surface area contributed by atoms with Crippen molar-refractivity contribution in [1.29, 1.82) is 0 Å². The summed E-state index contributed by atoms with van der Waals surface area (Å²) < 4.78 is 11.4. The fourth-order valence-electron chi connectivity index (χ4n) is 4.41. The van der Waals surface area contributed by atoms with Gasteiger partial charge in [-0.1, -0.05) is 18.9 Å². The van der Waals surface area contributed by atoms with Crippen molar-refractivity contribution in [3.05, 3.63) is 23.8 Å². The van der Waals surface area contributed by atoms with Gasteiger partial charge in [0.1, 0.15) is 13.2 Å². The number of nitrogens with zero attached hydrogens (tertiary/aromatic N) is 1. The van der Waals surface area contributed by atoms with Crippen molar-refractivity contribution in [2.45, 2.75) is 44.2 Å². The molecule has 4 rings (SSSR count). The Morgan fingerprint density at radius 1 is 1.26 bits per heavy atom. The van der Waals surface area contributed by atoms with Gasteiger partial charge in [0.2, 0.25) is 5.91 Å². The van der Waals surface area contributed by atoms with Gasteiger partial charge in [0.25, 0.3) is 0 Å². The van der Waals surface area contributed by atoms with E-state index in [1.165, 1.54) is 0 Å². The molecule has 1 aliphatic carbocycles. The lowest BCUT2D eigenvalue weighted by Gasteiger charge is -2.36. The van der Waals surface area contributed by atoms with Gasteiger partial charge >= 0.3 is 0 Å². The maximum Gasteiger partial charge on any atom is 0.234 e. The zero-order chi connectivity index (χ0) is 18.0. The van der Waals surface area contributed by atoms with Gasteiger partial charge in [0.05, 0.1) is 12.1 Å². The second kappa shape index (κ2) is 8.67. The van der Waals surface area contributed by atoms with Crippen LogP contribution < -0.4 is 20.1 Å². The van der Waals surface area contributed by atoms with Crippen LogP contribution in [0.15, 0.2) is 18.2 Å². The van der Waals surface area contributed by atoms with E-state index in [4.69, 9.17) is 9.47 Å². The summed E-state index contributed by atoms with van der Waals surface area (Å²) in [5.41, 5.74) is 0.866. The zero-order valence-electron chi connectivity index (χ0n) is 16.0. The fourth-order valence-corrected chi connectivity index (χ4v) is 4.41. The Bertz CT molecular complexity index is 664. The molecule has 1 aromatic carbocycles. The third kappa shape index (κ3) is 4.33. The van der Waals surface area contributed by atoms with Crippen LogP contribution >= 0.6 is 12.4 Å². The summed E-state index contributed by atoms with van der Waals surface area (Å²) in [5, 5.41) is 6.76. The van der Waals surface area contributed by atoms with Crippen LogP contribution in [-0.2, 0) is 10.3 Å². The number of amides is 1. The van der Waals surface area contributed by atoms with Gasteiger partial charge in [-0.2, -0.15) is 0 Å². The molecule has 0 aromatic heterocycles. The molecule has 150 valence electrons. The highest BCUT2D eigenvalue weighted by atomic mass is 35.5. The molecule has 1 aromatic rings. The fraction of sp³-hybridized carbons (Fsp3) is 0.650. The molecule has 3 aliphatic rings. The lowest BCUT2D eigenvalue weighted by atomic mass is 9.87. The number of hydrogen-bond donors (Lipinski definition) is 2. The largest absolute Gasteiger partial charge is 0.486 e. The standard InChI is InChI=1S/C20H29N3O3.ClH/c1-15-13-21-8-9-23(15)14-19(24)22-20(6-2-3-7-20)16-4-5-17-18(12-16)26-11-10-25-17;/h4-5,12,15,21H,2-3,6-11,13-14H2,1H3,(H,22,24);1H/t15-;/m1./s1. The number of fused-ring (bicyclic) bond motifs is 1. The van der Waals surface area contributed by atoms with E-state index in [-0.39, 0.29) is 23.9 Å². The van der Waals surface area contributed by atoms with Crippen molar-refractivity contribution >= 4 is 18.3 Å².